The Morgan fingerprint density at radius 3 is 1.98 bits per heavy atom. The summed E-state index contributed by atoms with van der Waals surface area (Å²) in [7, 11) is 0. The van der Waals surface area contributed by atoms with Crippen LogP contribution in [0.15, 0.2) is 54.6 Å². The highest BCUT2D eigenvalue weighted by Gasteiger charge is 2.52. The van der Waals surface area contributed by atoms with Gasteiger partial charge in [-0.15, -0.1) is 0 Å². The van der Waals surface area contributed by atoms with Gasteiger partial charge in [0, 0.05) is 22.6 Å². The summed E-state index contributed by atoms with van der Waals surface area (Å²) < 4.78 is 5.92. The highest BCUT2D eigenvalue weighted by atomic mass is 16.5. The number of aryl methyl sites for hydroxylation is 2. The SMILES string of the molecule is Cc1cc(O)c2c(c1)C(C1OC(CO)C(O)C(O)C1O)c1ccc(C3(O)c4cccc(O)c4C(=O)c4c(O)cc(C)cc43)c(O)c1C2=O. The summed E-state index contributed by atoms with van der Waals surface area (Å²) in [6, 6.07) is 12.3. The Hall–Kier alpha value is -4.82. The number of phenolic OH excluding ortho intramolecular Hbond substituents is 4. The number of aromatic hydroxyl groups is 4. The summed E-state index contributed by atoms with van der Waals surface area (Å²) in [6.45, 7) is 2.55. The zero-order valence-corrected chi connectivity index (χ0v) is 25.6. The maximum Gasteiger partial charge on any atom is 0.201 e. The quantitative estimate of drug-likeness (QED) is 0.153. The molecule has 7 atom stereocenters. The van der Waals surface area contributed by atoms with Crippen molar-refractivity contribution in [1.82, 2.24) is 0 Å². The van der Waals surface area contributed by atoms with Gasteiger partial charge in [-0.2, -0.15) is 0 Å². The third-order valence-corrected chi connectivity index (χ3v) is 9.81. The minimum atomic E-state index is -2.42. The fourth-order valence-corrected chi connectivity index (χ4v) is 7.67. The maximum atomic E-state index is 14.3. The minimum absolute atomic E-state index is 0.0713. The summed E-state index contributed by atoms with van der Waals surface area (Å²) in [6.07, 6.45) is -7.92. The van der Waals surface area contributed by atoms with E-state index in [0.717, 1.165) is 0 Å². The molecule has 12 nitrogen and oxygen atoms in total. The van der Waals surface area contributed by atoms with Crippen LogP contribution in [0.3, 0.4) is 0 Å². The van der Waals surface area contributed by atoms with Crippen molar-refractivity contribution < 1.29 is 60.3 Å². The minimum Gasteiger partial charge on any atom is -0.507 e. The lowest BCUT2D eigenvalue weighted by atomic mass is 9.67. The van der Waals surface area contributed by atoms with Gasteiger partial charge in [0.1, 0.15) is 53.0 Å². The van der Waals surface area contributed by atoms with Crippen molar-refractivity contribution in [3.63, 3.8) is 0 Å². The van der Waals surface area contributed by atoms with Crippen LogP contribution >= 0.6 is 0 Å². The van der Waals surface area contributed by atoms with E-state index in [2.05, 4.69) is 0 Å². The van der Waals surface area contributed by atoms with E-state index in [0.29, 0.717) is 11.1 Å². The molecular formula is C36H32O12. The lowest BCUT2D eigenvalue weighted by Crippen LogP contribution is -2.60. The lowest BCUT2D eigenvalue weighted by Gasteiger charge is -2.45. The molecule has 3 aliphatic rings. The van der Waals surface area contributed by atoms with Crippen LogP contribution in [0, 0.1) is 13.8 Å². The first-order valence-corrected chi connectivity index (χ1v) is 15.2. The van der Waals surface area contributed by atoms with Crippen molar-refractivity contribution in [3.05, 3.63) is 116 Å². The molecule has 0 amide bonds. The molecule has 0 radical (unpaired) electrons. The van der Waals surface area contributed by atoms with Gasteiger partial charge >= 0.3 is 0 Å². The fourth-order valence-electron chi connectivity index (χ4n) is 7.67. The van der Waals surface area contributed by atoms with Gasteiger partial charge in [-0.05, 0) is 54.3 Å². The second-order valence-electron chi connectivity index (χ2n) is 12.7. The van der Waals surface area contributed by atoms with E-state index < -0.39 is 88.8 Å². The number of aliphatic hydroxyl groups is 5. The molecule has 2 aliphatic carbocycles. The second kappa shape index (κ2) is 10.9. The summed E-state index contributed by atoms with van der Waals surface area (Å²) in [5, 5.41) is 99.8. The number of carbonyl (C=O) groups is 2. The third-order valence-electron chi connectivity index (χ3n) is 9.81. The Kier molecular flexibility index (Phi) is 7.18. The Labute approximate surface area is 273 Å². The van der Waals surface area contributed by atoms with E-state index in [9.17, 15) is 55.5 Å². The lowest BCUT2D eigenvalue weighted by molar-refractivity contribution is -0.232. The number of ketones is 2. The normalized spacial score (nSPS) is 27.6. The van der Waals surface area contributed by atoms with Crippen LogP contribution in [-0.4, -0.2) is 94.7 Å². The molecule has 7 rings (SSSR count). The standard InChI is InChI=1S/C36H32O12/c1-13-8-16-24(35-34(46)33(45)30(42)23(12-37)48-35)15-6-7-18(29(41)26(15)31(43)25(16)21(39)10-13)36(47)17-4-3-5-20(38)27(17)32(44)28-19(36)9-14(2)11-22(28)40/h3-11,23-24,30,33-35,37-42,45-47H,12H2,1-2H3. The molecule has 0 saturated carbocycles. The van der Waals surface area contributed by atoms with E-state index in [1.165, 1.54) is 48.5 Å². The summed E-state index contributed by atoms with van der Waals surface area (Å²) in [4.78, 5) is 27.9. The van der Waals surface area contributed by atoms with Crippen molar-refractivity contribution in [1.29, 1.82) is 0 Å². The Morgan fingerprint density at radius 2 is 1.29 bits per heavy atom. The molecular weight excluding hydrogens is 624 g/mol. The molecule has 4 aromatic carbocycles. The number of ether oxygens (including phenoxy) is 1. The van der Waals surface area contributed by atoms with Crippen LogP contribution in [0.25, 0.3) is 0 Å². The number of carbonyl (C=O) groups excluding carboxylic acids is 2. The highest BCUT2D eigenvalue weighted by Crippen LogP contribution is 2.54. The number of aliphatic hydroxyl groups excluding tert-OH is 4. The average molecular weight is 657 g/mol. The van der Waals surface area contributed by atoms with Gasteiger partial charge in [0.15, 0.2) is 0 Å². The van der Waals surface area contributed by atoms with Crippen molar-refractivity contribution in [2.75, 3.05) is 6.61 Å². The monoisotopic (exact) mass is 656 g/mol. The first-order valence-electron chi connectivity index (χ1n) is 15.2. The van der Waals surface area contributed by atoms with Crippen LogP contribution in [0.2, 0.25) is 0 Å². The van der Waals surface area contributed by atoms with Crippen LogP contribution in [0.5, 0.6) is 23.0 Å². The Morgan fingerprint density at radius 1 is 0.667 bits per heavy atom. The molecule has 48 heavy (non-hydrogen) atoms. The maximum absolute atomic E-state index is 14.3. The predicted octanol–water partition coefficient (Wildman–Crippen LogP) is 1.47. The van der Waals surface area contributed by atoms with E-state index in [4.69, 9.17) is 4.74 Å². The van der Waals surface area contributed by atoms with Gasteiger partial charge in [0.2, 0.25) is 11.6 Å². The molecule has 12 heteroatoms. The van der Waals surface area contributed by atoms with Crippen molar-refractivity contribution in [2.45, 2.75) is 55.9 Å². The molecule has 1 fully saturated rings. The molecule has 248 valence electrons. The fraction of sp³-hybridized carbons (Fsp3) is 0.278. The topological polar surface area (TPSA) is 225 Å². The van der Waals surface area contributed by atoms with E-state index in [-0.39, 0.29) is 44.5 Å². The molecule has 7 unspecified atom stereocenters. The summed E-state index contributed by atoms with van der Waals surface area (Å²) in [5.74, 6) is -4.98. The first-order chi connectivity index (χ1) is 22.7. The summed E-state index contributed by atoms with van der Waals surface area (Å²) >= 11 is 0. The van der Waals surface area contributed by atoms with Crippen molar-refractivity contribution >= 4 is 11.6 Å². The van der Waals surface area contributed by atoms with E-state index in [1.54, 1.807) is 19.9 Å². The number of hydrogen-bond donors (Lipinski definition) is 9. The van der Waals surface area contributed by atoms with Gasteiger partial charge in [0.05, 0.1) is 35.0 Å². The molecule has 1 aliphatic heterocycles. The molecule has 0 aromatic heterocycles. The molecule has 1 saturated heterocycles. The first kappa shape index (κ1) is 31.8. The van der Waals surface area contributed by atoms with E-state index in [1.807, 2.05) is 0 Å². The van der Waals surface area contributed by atoms with Crippen molar-refractivity contribution in [2.24, 2.45) is 0 Å². The molecule has 4 aromatic rings. The number of phenols is 4. The number of fused-ring (bicyclic) bond motifs is 4. The predicted molar refractivity (Wildman–Crippen MR) is 166 cm³/mol. The zero-order chi connectivity index (χ0) is 34.6. The molecule has 1 heterocycles. The van der Waals surface area contributed by atoms with Crippen LogP contribution < -0.4 is 0 Å². The number of hydrogen-bond acceptors (Lipinski definition) is 12. The number of rotatable bonds is 3. The van der Waals surface area contributed by atoms with Gasteiger partial charge in [-0.25, -0.2) is 0 Å². The Bertz CT molecular complexity index is 2050. The van der Waals surface area contributed by atoms with Gasteiger partial charge in [-0.3, -0.25) is 9.59 Å². The summed E-state index contributed by atoms with van der Waals surface area (Å²) in [5.41, 5.74) is -3.03. The van der Waals surface area contributed by atoms with E-state index >= 15 is 0 Å². The third kappa shape index (κ3) is 4.18. The van der Waals surface area contributed by atoms with Gasteiger partial charge in [0.25, 0.3) is 0 Å². The van der Waals surface area contributed by atoms with Gasteiger partial charge in [-0.1, -0.05) is 36.4 Å². The highest BCUT2D eigenvalue weighted by molar-refractivity contribution is 6.18. The van der Waals surface area contributed by atoms with Crippen LogP contribution in [0.4, 0.5) is 0 Å². The Balaban J connectivity index is 1.53. The van der Waals surface area contributed by atoms with Crippen LogP contribution in [0.1, 0.15) is 76.7 Å². The van der Waals surface area contributed by atoms with Gasteiger partial charge < -0.3 is 50.7 Å². The molecule has 0 spiro atoms. The largest absolute Gasteiger partial charge is 0.507 e. The van der Waals surface area contributed by atoms with Crippen LogP contribution in [-0.2, 0) is 10.3 Å². The second-order valence-corrected chi connectivity index (χ2v) is 12.7. The zero-order valence-electron chi connectivity index (χ0n) is 25.6. The number of benzene rings is 4. The average Bonchev–Trinajstić information content (AvgIpc) is 3.02. The smallest absolute Gasteiger partial charge is 0.201 e. The molecule has 9 N–H and O–H groups in total. The van der Waals surface area contributed by atoms with Crippen molar-refractivity contribution in [3.8, 4) is 23.0 Å². The molecule has 0 bridgehead atoms.